The van der Waals surface area contributed by atoms with Crippen LogP contribution in [-0.2, 0) is 0 Å². The molecule has 2 heteroatoms. The molecule has 17 heavy (non-hydrogen) atoms. The van der Waals surface area contributed by atoms with Gasteiger partial charge in [0.2, 0.25) is 0 Å². The summed E-state index contributed by atoms with van der Waals surface area (Å²) >= 11 is 0. The molecule has 3 unspecified atom stereocenters. The molecular formula is C15H30N2. The molecule has 0 aromatic rings. The third-order valence-corrected chi connectivity index (χ3v) is 4.42. The maximum Gasteiger partial charge on any atom is 0.00980 e. The highest BCUT2D eigenvalue weighted by atomic mass is 15.2. The van der Waals surface area contributed by atoms with Gasteiger partial charge in [-0.15, -0.1) is 0 Å². The van der Waals surface area contributed by atoms with Gasteiger partial charge in [-0.1, -0.05) is 6.92 Å². The normalized spacial score (nSPS) is 35.6. The van der Waals surface area contributed by atoms with Gasteiger partial charge in [0.15, 0.2) is 0 Å². The zero-order valence-corrected chi connectivity index (χ0v) is 12.1. The molecule has 0 spiro atoms. The second kappa shape index (κ2) is 5.27. The van der Waals surface area contributed by atoms with Gasteiger partial charge in [-0.25, -0.2) is 0 Å². The fourth-order valence-electron chi connectivity index (χ4n) is 3.32. The van der Waals surface area contributed by atoms with Gasteiger partial charge in [-0.05, 0) is 71.4 Å². The molecule has 0 radical (unpaired) electrons. The Morgan fingerprint density at radius 2 is 1.94 bits per heavy atom. The van der Waals surface area contributed by atoms with Crippen molar-refractivity contribution in [3.63, 3.8) is 0 Å². The van der Waals surface area contributed by atoms with Crippen LogP contribution in [0.4, 0.5) is 0 Å². The van der Waals surface area contributed by atoms with Crippen molar-refractivity contribution in [3.8, 4) is 0 Å². The van der Waals surface area contributed by atoms with Gasteiger partial charge in [0, 0.05) is 18.1 Å². The van der Waals surface area contributed by atoms with Crippen LogP contribution >= 0.6 is 0 Å². The first-order valence-corrected chi connectivity index (χ1v) is 7.43. The predicted octanol–water partition coefficient (Wildman–Crippen LogP) is 2.89. The van der Waals surface area contributed by atoms with E-state index in [4.69, 9.17) is 0 Å². The SMILES string of the molecule is CC1CCC(N2CCC(CNC(C)(C)C)C2)C1. The summed E-state index contributed by atoms with van der Waals surface area (Å²) < 4.78 is 0. The van der Waals surface area contributed by atoms with E-state index in [9.17, 15) is 0 Å². The minimum absolute atomic E-state index is 0.273. The number of hydrogen-bond donors (Lipinski definition) is 1. The molecule has 2 fully saturated rings. The summed E-state index contributed by atoms with van der Waals surface area (Å²) in [6.07, 6.45) is 5.74. The molecular weight excluding hydrogens is 208 g/mol. The summed E-state index contributed by atoms with van der Waals surface area (Å²) in [5.74, 6) is 1.84. The number of nitrogens with zero attached hydrogens (tertiary/aromatic N) is 1. The molecule has 100 valence electrons. The van der Waals surface area contributed by atoms with Gasteiger partial charge < -0.3 is 10.2 Å². The fourth-order valence-corrected chi connectivity index (χ4v) is 3.32. The molecule has 1 saturated heterocycles. The molecule has 2 aliphatic rings. The monoisotopic (exact) mass is 238 g/mol. The average molecular weight is 238 g/mol. The predicted molar refractivity (Wildman–Crippen MR) is 74.2 cm³/mol. The average Bonchev–Trinajstić information content (AvgIpc) is 2.81. The lowest BCUT2D eigenvalue weighted by Gasteiger charge is -2.25. The molecule has 0 aromatic heterocycles. The summed E-state index contributed by atoms with van der Waals surface area (Å²) in [6.45, 7) is 13.1. The number of rotatable bonds is 3. The molecule has 2 nitrogen and oxygen atoms in total. The van der Waals surface area contributed by atoms with E-state index >= 15 is 0 Å². The summed E-state index contributed by atoms with van der Waals surface area (Å²) in [6, 6.07) is 0.907. The summed E-state index contributed by atoms with van der Waals surface area (Å²) in [5.41, 5.74) is 0.273. The molecule has 0 aromatic carbocycles. The van der Waals surface area contributed by atoms with Gasteiger partial charge in [-0.3, -0.25) is 0 Å². The van der Waals surface area contributed by atoms with Gasteiger partial charge in [-0.2, -0.15) is 0 Å². The lowest BCUT2D eigenvalue weighted by molar-refractivity contribution is 0.230. The quantitative estimate of drug-likeness (QED) is 0.813. The zero-order valence-electron chi connectivity index (χ0n) is 12.1. The van der Waals surface area contributed by atoms with E-state index in [2.05, 4.69) is 37.9 Å². The van der Waals surface area contributed by atoms with Crippen molar-refractivity contribution >= 4 is 0 Å². The van der Waals surface area contributed by atoms with Gasteiger partial charge >= 0.3 is 0 Å². The summed E-state index contributed by atoms with van der Waals surface area (Å²) in [4.78, 5) is 2.76. The van der Waals surface area contributed by atoms with Gasteiger partial charge in [0.1, 0.15) is 0 Å². The highest BCUT2D eigenvalue weighted by molar-refractivity contribution is 4.87. The topological polar surface area (TPSA) is 15.3 Å². The molecule has 0 bridgehead atoms. The van der Waals surface area contributed by atoms with Crippen LogP contribution in [-0.4, -0.2) is 36.1 Å². The smallest absolute Gasteiger partial charge is 0.00980 e. The standard InChI is InChI=1S/C15H30N2/c1-12-5-6-14(9-12)17-8-7-13(11-17)10-16-15(2,3)4/h12-14,16H,5-11H2,1-4H3. The lowest BCUT2D eigenvalue weighted by atomic mass is 10.1. The highest BCUT2D eigenvalue weighted by Gasteiger charge is 2.32. The van der Waals surface area contributed by atoms with E-state index in [1.54, 1.807) is 0 Å². The third-order valence-electron chi connectivity index (χ3n) is 4.42. The van der Waals surface area contributed by atoms with E-state index in [-0.39, 0.29) is 5.54 Å². The Morgan fingerprint density at radius 3 is 2.53 bits per heavy atom. The summed E-state index contributed by atoms with van der Waals surface area (Å²) in [5, 5.41) is 3.66. The van der Waals surface area contributed by atoms with Crippen molar-refractivity contribution in [2.45, 2.75) is 65.0 Å². The molecule has 1 aliphatic heterocycles. The molecule has 1 aliphatic carbocycles. The molecule has 1 heterocycles. The Morgan fingerprint density at radius 1 is 1.18 bits per heavy atom. The van der Waals surface area contributed by atoms with Crippen LogP contribution in [0, 0.1) is 11.8 Å². The van der Waals surface area contributed by atoms with Crippen LogP contribution in [0.3, 0.4) is 0 Å². The minimum Gasteiger partial charge on any atom is -0.312 e. The Balaban J connectivity index is 1.72. The minimum atomic E-state index is 0.273. The molecule has 3 atom stereocenters. The number of nitrogens with one attached hydrogen (secondary N) is 1. The first-order chi connectivity index (χ1) is 7.94. The van der Waals surface area contributed by atoms with Crippen molar-refractivity contribution in [3.05, 3.63) is 0 Å². The lowest BCUT2D eigenvalue weighted by Crippen LogP contribution is -2.40. The highest BCUT2D eigenvalue weighted by Crippen LogP contribution is 2.32. The first-order valence-electron chi connectivity index (χ1n) is 7.43. The molecule has 0 amide bonds. The van der Waals surface area contributed by atoms with Crippen molar-refractivity contribution in [1.82, 2.24) is 10.2 Å². The van der Waals surface area contributed by atoms with E-state index < -0.39 is 0 Å². The van der Waals surface area contributed by atoms with E-state index in [1.807, 2.05) is 0 Å². The van der Waals surface area contributed by atoms with Crippen LogP contribution in [0.2, 0.25) is 0 Å². The van der Waals surface area contributed by atoms with Crippen molar-refractivity contribution in [1.29, 1.82) is 0 Å². The third kappa shape index (κ3) is 3.96. The Hall–Kier alpha value is -0.0800. The van der Waals surface area contributed by atoms with Crippen molar-refractivity contribution in [2.75, 3.05) is 19.6 Å². The second-order valence-electron chi connectivity index (χ2n) is 7.35. The van der Waals surface area contributed by atoms with E-state index in [0.29, 0.717) is 0 Å². The Bertz CT molecular complexity index is 244. The Kier molecular flexibility index (Phi) is 4.14. The van der Waals surface area contributed by atoms with Crippen LogP contribution in [0.5, 0.6) is 0 Å². The van der Waals surface area contributed by atoms with Crippen molar-refractivity contribution < 1.29 is 0 Å². The van der Waals surface area contributed by atoms with Crippen LogP contribution in [0.1, 0.15) is 53.4 Å². The molecule has 1 saturated carbocycles. The Labute approximate surface area is 107 Å². The van der Waals surface area contributed by atoms with E-state index in [1.165, 1.54) is 45.3 Å². The van der Waals surface area contributed by atoms with E-state index in [0.717, 1.165) is 17.9 Å². The van der Waals surface area contributed by atoms with Crippen LogP contribution in [0.15, 0.2) is 0 Å². The van der Waals surface area contributed by atoms with Crippen LogP contribution in [0.25, 0.3) is 0 Å². The molecule has 1 N–H and O–H groups in total. The second-order valence-corrected chi connectivity index (χ2v) is 7.35. The summed E-state index contributed by atoms with van der Waals surface area (Å²) in [7, 11) is 0. The fraction of sp³-hybridized carbons (Fsp3) is 1.00. The maximum atomic E-state index is 3.66. The largest absolute Gasteiger partial charge is 0.312 e. The van der Waals surface area contributed by atoms with Gasteiger partial charge in [0.25, 0.3) is 0 Å². The number of likely N-dealkylation sites (tertiary alicyclic amines) is 1. The first kappa shape index (κ1) is 13.4. The number of hydrogen-bond acceptors (Lipinski definition) is 2. The molecule has 2 rings (SSSR count). The van der Waals surface area contributed by atoms with Gasteiger partial charge in [0.05, 0.1) is 0 Å². The van der Waals surface area contributed by atoms with Crippen LogP contribution < -0.4 is 5.32 Å². The maximum absolute atomic E-state index is 3.66. The van der Waals surface area contributed by atoms with Crippen molar-refractivity contribution in [2.24, 2.45) is 11.8 Å². The zero-order chi connectivity index (χ0) is 12.5.